The molecule has 0 amide bonds. The first-order chi connectivity index (χ1) is 6.88. The molecule has 16 heavy (non-hydrogen) atoms. The van der Waals surface area contributed by atoms with Gasteiger partial charge in [0.15, 0.2) is 0 Å². The Kier molecular flexibility index (Phi) is 5.76. The highest BCUT2D eigenvalue weighted by Crippen LogP contribution is 2.36. The summed E-state index contributed by atoms with van der Waals surface area (Å²) in [5.74, 6) is 0.178. The lowest BCUT2D eigenvalue weighted by Gasteiger charge is -2.30. The quantitative estimate of drug-likeness (QED) is 0.804. The van der Waals surface area contributed by atoms with Crippen LogP contribution >= 0.6 is 28.3 Å². The molecule has 0 fully saturated rings. The van der Waals surface area contributed by atoms with Crippen molar-refractivity contribution in [1.29, 1.82) is 0 Å². The Bertz CT molecular complexity index is 358. The van der Waals surface area contributed by atoms with Gasteiger partial charge in [-0.25, -0.2) is 0 Å². The second-order valence-electron chi connectivity index (χ2n) is 4.33. The summed E-state index contributed by atoms with van der Waals surface area (Å²) in [5, 5.41) is 18.6. The van der Waals surface area contributed by atoms with Crippen LogP contribution in [0.5, 0.6) is 5.75 Å². The van der Waals surface area contributed by atoms with Gasteiger partial charge in [-0.3, -0.25) is 0 Å². The fourth-order valence-electron chi connectivity index (χ4n) is 1.29. The van der Waals surface area contributed by atoms with Crippen molar-refractivity contribution in [1.82, 2.24) is 0 Å². The van der Waals surface area contributed by atoms with E-state index >= 15 is 0 Å². The van der Waals surface area contributed by atoms with Gasteiger partial charge >= 0.3 is 0 Å². The van der Waals surface area contributed by atoms with Crippen LogP contribution in [0.15, 0.2) is 22.7 Å². The number of hydrogen-bond acceptors (Lipinski definition) is 3. The highest BCUT2D eigenvalue weighted by molar-refractivity contribution is 9.10. The molecular weight excluding hydrogens is 293 g/mol. The molecule has 0 saturated heterocycles. The monoisotopic (exact) mass is 309 g/mol. The number of rotatable bonds is 3. The molecule has 0 aromatic heterocycles. The highest BCUT2D eigenvalue weighted by atomic mass is 79.9. The molecule has 0 aliphatic rings. The van der Waals surface area contributed by atoms with Crippen LogP contribution in [-0.4, -0.2) is 16.8 Å². The zero-order valence-corrected chi connectivity index (χ0v) is 11.7. The Morgan fingerprint density at radius 3 is 2.50 bits per heavy atom. The van der Waals surface area contributed by atoms with E-state index in [1.807, 2.05) is 13.8 Å². The van der Waals surface area contributed by atoms with Crippen LogP contribution < -0.4 is 5.73 Å². The minimum absolute atomic E-state index is 0. The Hall–Kier alpha value is -0.290. The van der Waals surface area contributed by atoms with E-state index in [1.165, 1.54) is 0 Å². The molecular formula is C11H17BrClNO2. The molecule has 0 radical (unpaired) electrons. The van der Waals surface area contributed by atoms with Crippen molar-refractivity contribution in [2.75, 3.05) is 6.61 Å². The van der Waals surface area contributed by atoms with Crippen LogP contribution in [0.4, 0.5) is 0 Å². The Labute approximate surface area is 110 Å². The Morgan fingerprint density at radius 1 is 1.44 bits per heavy atom. The van der Waals surface area contributed by atoms with E-state index in [0.717, 1.165) is 10.0 Å². The van der Waals surface area contributed by atoms with Crippen LogP contribution in [0.1, 0.15) is 25.5 Å². The summed E-state index contributed by atoms with van der Waals surface area (Å²) < 4.78 is 0.842. The van der Waals surface area contributed by atoms with Crippen molar-refractivity contribution < 1.29 is 10.2 Å². The summed E-state index contributed by atoms with van der Waals surface area (Å²) in [6.07, 6.45) is 0. The van der Waals surface area contributed by atoms with Crippen LogP contribution in [0.2, 0.25) is 0 Å². The van der Waals surface area contributed by atoms with Gasteiger partial charge in [-0.05, 0) is 23.8 Å². The maximum atomic E-state index is 9.39. The lowest BCUT2D eigenvalue weighted by Crippen LogP contribution is -2.32. The summed E-state index contributed by atoms with van der Waals surface area (Å²) >= 11 is 3.38. The first-order valence-electron chi connectivity index (χ1n) is 4.73. The van der Waals surface area contributed by atoms with E-state index in [1.54, 1.807) is 18.2 Å². The molecule has 1 aromatic rings. The molecule has 3 nitrogen and oxygen atoms in total. The SMILES string of the molecule is CC(C)(CO)[C@H](N)c1cc(O)ccc1Br.Cl. The molecule has 0 unspecified atom stereocenters. The van der Waals surface area contributed by atoms with E-state index in [2.05, 4.69) is 15.9 Å². The molecule has 1 atom stereocenters. The number of hydrogen-bond donors (Lipinski definition) is 3. The number of aromatic hydroxyl groups is 1. The van der Waals surface area contributed by atoms with Gasteiger partial charge < -0.3 is 15.9 Å². The molecule has 92 valence electrons. The van der Waals surface area contributed by atoms with Gasteiger partial charge in [0.05, 0.1) is 0 Å². The number of phenols is 1. The first kappa shape index (κ1) is 15.7. The van der Waals surface area contributed by atoms with Crippen LogP contribution in [0.25, 0.3) is 0 Å². The standard InChI is InChI=1S/C11H16BrNO2.ClH/c1-11(2,6-14)10(13)8-5-7(15)3-4-9(8)12;/h3-5,10,14-15H,6,13H2,1-2H3;1H/t10-;/m1./s1. The second-order valence-corrected chi connectivity index (χ2v) is 5.18. The largest absolute Gasteiger partial charge is 0.508 e. The molecule has 0 heterocycles. The van der Waals surface area contributed by atoms with E-state index < -0.39 is 5.41 Å². The molecule has 0 bridgehead atoms. The average Bonchev–Trinajstić information content (AvgIpc) is 2.20. The Morgan fingerprint density at radius 2 is 2.00 bits per heavy atom. The topological polar surface area (TPSA) is 66.5 Å². The zero-order chi connectivity index (χ0) is 11.6. The van der Waals surface area contributed by atoms with Crippen LogP contribution in [0.3, 0.4) is 0 Å². The summed E-state index contributed by atoms with van der Waals surface area (Å²) in [4.78, 5) is 0. The van der Waals surface area contributed by atoms with Crippen LogP contribution in [-0.2, 0) is 0 Å². The van der Waals surface area contributed by atoms with E-state index in [9.17, 15) is 10.2 Å². The van der Waals surface area contributed by atoms with E-state index in [-0.39, 0.29) is 30.8 Å². The fraction of sp³-hybridized carbons (Fsp3) is 0.455. The molecule has 0 aliphatic heterocycles. The van der Waals surface area contributed by atoms with Gasteiger partial charge in [-0.1, -0.05) is 29.8 Å². The fourth-order valence-corrected chi connectivity index (χ4v) is 1.78. The predicted octanol–water partition coefficient (Wildman–Crippen LogP) is 2.59. The lowest BCUT2D eigenvalue weighted by atomic mass is 9.82. The van der Waals surface area contributed by atoms with Crippen molar-refractivity contribution in [3.63, 3.8) is 0 Å². The van der Waals surface area contributed by atoms with Crippen molar-refractivity contribution >= 4 is 28.3 Å². The number of benzene rings is 1. The van der Waals surface area contributed by atoms with Gasteiger partial charge in [-0.2, -0.15) is 0 Å². The molecule has 5 heteroatoms. The minimum Gasteiger partial charge on any atom is -0.508 e. The van der Waals surface area contributed by atoms with Crippen LogP contribution in [0, 0.1) is 5.41 Å². The van der Waals surface area contributed by atoms with Gasteiger partial charge in [0, 0.05) is 22.5 Å². The first-order valence-corrected chi connectivity index (χ1v) is 5.52. The van der Waals surface area contributed by atoms with E-state index in [4.69, 9.17) is 5.73 Å². The number of phenolic OH excluding ortho intramolecular Hbond substituents is 1. The highest BCUT2D eigenvalue weighted by Gasteiger charge is 2.28. The molecule has 0 spiro atoms. The summed E-state index contributed by atoms with van der Waals surface area (Å²) in [6.45, 7) is 3.76. The van der Waals surface area contributed by atoms with Gasteiger partial charge in [-0.15, -0.1) is 12.4 Å². The number of nitrogens with two attached hydrogens (primary N) is 1. The maximum absolute atomic E-state index is 9.39. The predicted molar refractivity (Wildman–Crippen MR) is 70.9 cm³/mol. The molecule has 0 aliphatic carbocycles. The third-order valence-corrected chi connectivity index (χ3v) is 3.29. The third-order valence-electron chi connectivity index (χ3n) is 2.56. The average molecular weight is 311 g/mol. The summed E-state index contributed by atoms with van der Waals surface area (Å²) in [5.41, 5.74) is 6.43. The van der Waals surface area contributed by atoms with Crippen molar-refractivity contribution in [2.45, 2.75) is 19.9 Å². The maximum Gasteiger partial charge on any atom is 0.115 e. The number of aliphatic hydroxyl groups excluding tert-OH is 1. The van der Waals surface area contributed by atoms with Crippen molar-refractivity contribution in [2.24, 2.45) is 11.1 Å². The third kappa shape index (κ3) is 3.35. The van der Waals surface area contributed by atoms with Gasteiger partial charge in [0.2, 0.25) is 0 Å². The molecule has 0 saturated carbocycles. The molecule has 1 rings (SSSR count). The number of halogens is 2. The molecule has 4 N–H and O–H groups in total. The second kappa shape index (κ2) is 5.87. The minimum atomic E-state index is -0.420. The van der Waals surface area contributed by atoms with Gasteiger partial charge in [0.25, 0.3) is 0 Å². The summed E-state index contributed by atoms with van der Waals surface area (Å²) in [7, 11) is 0. The molecule has 1 aromatic carbocycles. The normalized spacial score (nSPS) is 13.1. The summed E-state index contributed by atoms with van der Waals surface area (Å²) in [6, 6.07) is 4.63. The van der Waals surface area contributed by atoms with Gasteiger partial charge in [0.1, 0.15) is 5.75 Å². The van der Waals surface area contributed by atoms with E-state index in [0.29, 0.717) is 0 Å². The smallest absolute Gasteiger partial charge is 0.115 e. The zero-order valence-electron chi connectivity index (χ0n) is 9.27. The van der Waals surface area contributed by atoms with Crippen molar-refractivity contribution in [3.8, 4) is 5.75 Å². The Balaban J connectivity index is 0.00000225. The lowest BCUT2D eigenvalue weighted by molar-refractivity contribution is 0.132. The van der Waals surface area contributed by atoms with Crippen molar-refractivity contribution in [3.05, 3.63) is 28.2 Å². The number of aliphatic hydroxyl groups is 1.